The maximum absolute atomic E-state index is 4.95. The van der Waals surface area contributed by atoms with Crippen LogP contribution in [0.4, 0.5) is 0 Å². The second-order valence-corrected chi connectivity index (χ2v) is 7.39. The number of rotatable bonds is 5. The number of imidazole rings is 1. The Kier molecular flexibility index (Phi) is 3.96. The third kappa shape index (κ3) is 3.12. The predicted octanol–water partition coefficient (Wildman–Crippen LogP) is 4.22. The summed E-state index contributed by atoms with van der Waals surface area (Å²) in [4.78, 5) is 17.4. The van der Waals surface area contributed by atoms with Crippen LogP contribution in [0.1, 0.15) is 37.2 Å². The fourth-order valence-corrected chi connectivity index (χ4v) is 3.70. The average molecular weight is 358 g/mol. The Bertz CT molecular complexity index is 1090. The molecule has 1 saturated carbocycles. The summed E-state index contributed by atoms with van der Waals surface area (Å²) in [6.45, 7) is 2.01. The molecule has 0 aromatic carbocycles. The van der Waals surface area contributed by atoms with Gasteiger partial charge in [-0.25, -0.2) is 14.5 Å². The molecule has 0 amide bonds. The van der Waals surface area contributed by atoms with Crippen molar-refractivity contribution in [2.45, 2.75) is 39.0 Å². The molecule has 1 aliphatic rings. The van der Waals surface area contributed by atoms with Crippen LogP contribution in [-0.2, 0) is 6.42 Å². The van der Waals surface area contributed by atoms with Gasteiger partial charge in [0.05, 0.1) is 17.1 Å². The van der Waals surface area contributed by atoms with Gasteiger partial charge in [0.25, 0.3) is 0 Å². The van der Waals surface area contributed by atoms with Crippen molar-refractivity contribution >= 4 is 5.65 Å². The van der Waals surface area contributed by atoms with Crippen LogP contribution < -0.4 is 0 Å². The van der Waals surface area contributed by atoms with Crippen LogP contribution in [0.2, 0.25) is 0 Å². The Morgan fingerprint density at radius 2 is 2.07 bits per heavy atom. The summed E-state index contributed by atoms with van der Waals surface area (Å²) in [5.41, 5.74) is 5.66. The number of nitrogens with zero attached hydrogens (tertiary/aromatic N) is 5. The molecular formula is C21H22N6. The minimum absolute atomic E-state index is 0.828. The van der Waals surface area contributed by atoms with Gasteiger partial charge in [-0.2, -0.15) is 5.10 Å². The highest BCUT2D eigenvalue weighted by molar-refractivity contribution is 5.77. The first-order valence-corrected chi connectivity index (χ1v) is 9.59. The first kappa shape index (κ1) is 16.2. The van der Waals surface area contributed by atoms with E-state index in [0.717, 1.165) is 52.1 Å². The van der Waals surface area contributed by atoms with Crippen molar-refractivity contribution in [3.8, 4) is 22.6 Å². The summed E-state index contributed by atoms with van der Waals surface area (Å²) in [7, 11) is 0. The molecule has 0 saturated heterocycles. The number of aromatic amines is 1. The van der Waals surface area contributed by atoms with Crippen LogP contribution in [0, 0.1) is 12.8 Å². The number of hydrogen-bond donors (Lipinski definition) is 1. The van der Waals surface area contributed by atoms with Crippen molar-refractivity contribution in [3.05, 3.63) is 54.4 Å². The molecule has 27 heavy (non-hydrogen) atoms. The molecule has 6 heteroatoms. The number of H-pyrrole nitrogens is 1. The van der Waals surface area contributed by atoms with Crippen molar-refractivity contribution in [3.63, 3.8) is 0 Å². The van der Waals surface area contributed by atoms with Crippen LogP contribution >= 0.6 is 0 Å². The quantitative estimate of drug-likeness (QED) is 0.580. The van der Waals surface area contributed by atoms with E-state index in [0.29, 0.717) is 0 Å². The zero-order valence-electron chi connectivity index (χ0n) is 15.4. The van der Waals surface area contributed by atoms with E-state index in [1.165, 1.54) is 25.7 Å². The average Bonchev–Trinajstić information content (AvgIpc) is 3.26. The van der Waals surface area contributed by atoms with E-state index in [4.69, 9.17) is 9.97 Å². The summed E-state index contributed by atoms with van der Waals surface area (Å²) >= 11 is 0. The largest absolute Gasteiger partial charge is 0.340 e. The maximum atomic E-state index is 4.95. The summed E-state index contributed by atoms with van der Waals surface area (Å²) in [5.74, 6) is 1.90. The molecule has 6 nitrogen and oxygen atoms in total. The van der Waals surface area contributed by atoms with Gasteiger partial charge >= 0.3 is 0 Å². The molecular weight excluding hydrogens is 336 g/mol. The maximum Gasteiger partial charge on any atom is 0.155 e. The molecule has 4 aromatic rings. The first-order valence-electron chi connectivity index (χ1n) is 9.59. The van der Waals surface area contributed by atoms with Gasteiger partial charge in [0.2, 0.25) is 0 Å². The molecule has 4 aromatic heterocycles. The van der Waals surface area contributed by atoms with Crippen LogP contribution in [0.15, 0.2) is 42.9 Å². The summed E-state index contributed by atoms with van der Waals surface area (Å²) in [6, 6.07) is 10.1. The fourth-order valence-electron chi connectivity index (χ4n) is 3.70. The van der Waals surface area contributed by atoms with Crippen molar-refractivity contribution in [2.75, 3.05) is 0 Å². The summed E-state index contributed by atoms with van der Waals surface area (Å²) in [6.07, 6.45) is 9.84. The van der Waals surface area contributed by atoms with Crippen molar-refractivity contribution in [2.24, 2.45) is 5.92 Å². The van der Waals surface area contributed by atoms with Crippen molar-refractivity contribution in [1.29, 1.82) is 0 Å². The predicted molar refractivity (Wildman–Crippen MR) is 104 cm³/mol. The zero-order chi connectivity index (χ0) is 18.2. The van der Waals surface area contributed by atoms with Crippen molar-refractivity contribution < 1.29 is 0 Å². The fraction of sp³-hybridized carbons (Fsp3) is 0.333. The Balaban J connectivity index is 1.57. The monoisotopic (exact) mass is 358 g/mol. The highest BCUT2D eigenvalue weighted by atomic mass is 15.3. The van der Waals surface area contributed by atoms with Gasteiger partial charge in [-0.15, -0.1) is 0 Å². The standard InChI is InChI=1S/C21H22N6/c1-14-4-2-7-17(24-14)21-20(16-9-11-19-22-13-23-27(19)12-16)25-18(26-21)10-8-15-5-3-6-15/h2,4,7,9,11-13,15H,3,5-6,8,10H2,1H3,(H,25,26). The number of nitrogens with one attached hydrogen (secondary N) is 1. The SMILES string of the molecule is Cc1cccc(-c2[nH]c(CCC3CCC3)nc2-c2ccc3ncnn3c2)n1. The van der Waals surface area contributed by atoms with Crippen LogP contribution in [0.3, 0.4) is 0 Å². The molecule has 0 aliphatic heterocycles. The van der Waals surface area contributed by atoms with Gasteiger partial charge in [0.1, 0.15) is 12.2 Å². The smallest absolute Gasteiger partial charge is 0.155 e. The molecule has 136 valence electrons. The van der Waals surface area contributed by atoms with E-state index in [1.54, 1.807) is 10.8 Å². The topological polar surface area (TPSA) is 71.8 Å². The number of hydrogen-bond acceptors (Lipinski definition) is 4. The second-order valence-electron chi connectivity index (χ2n) is 7.39. The number of aryl methyl sites for hydroxylation is 2. The Morgan fingerprint density at radius 3 is 2.89 bits per heavy atom. The minimum Gasteiger partial charge on any atom is -0.340 e. The van der Waals surface area contributed by atoms with E-state index in [-0.39, 0.29) is 0 Å². The van der Waals surface area contributed by atoms with E-state index >= 15 is 0 Å². The van der Waals surface area contributed by atoms with Gasteiger partial charge in [0.15, 0.2) is 5.65 Å². The molecule has 4 heterocycles. The number of pyridine rings is 2. The molecule has 0 bridgehead atoms. The van der Waals surface area contributed by atoms with E-state index < -0.39 is 0 Å². The van der Waals surface area contributed by atoms with Gasteiger partial charge in [-0.3, -0.25) is 4.98 Å². The second kappa shape index (κ2) is 6.61. The lowest BCUT2D eigenvalue weighted by Gasteiger charge is -2.24. The lowest BCUT2D eigenvalue weighted by Crippen LogP contribution is -2.11. The van der Waals surface area contributed by atoms with Crippen LogP contribution in [0.5, 0.6) is 0 Å². The highest BCUT2D eigenvalue weighted by Gasteiger charge is 2.20. The van der Waals surface area contributed by atoms with E-state index in [2.05, 4.69) is 21.1 Å². The molecule has 5 rings (SSSR count). The molecule has 1 aliphatic carbocycles. The molecule has 0 spiro atoms. The zero-order valence-corrected chi connectivity index (χ0v) is 15.4. The Morgan fingerprint density at radius 1 is 1.15 bits per heavy atom. The number of aromatic nitrogens is 6. The summed E-state index contributed by atoms with van der Waals surface area (Å²) < 4.78 is 1.78. The highest BCUT2D eigenvalue weighted by Crippen LogP contribution is 2.33. The third-order valence-corrected chi connectivity index (χ3v) is 5.46. The first-order chi connectivity index (χ1) is 13.3. The molecule has 0 unspecified atom stereocenters. The van der Waals surface area contributed by atoms with Crippen LogP contribution in [0.25, 0.3) is 28.3 Å². The van der Waals surface area contributed by atoms with Crippen molar-refractivity contribution in [1.82, 2.24) is 29.5 Å². The molecule has 0 radical (unpaired) electrons. The Hall–Kier alpha value is -3.02. The number of fused-ring (bicyclic) bond motifs is 1. The van der Waals surface area contributed by atoms with Gasteiger partial charge in [-0.1, -0.05) is 25.3 Å². The van der Waals surface area contributed by atoms with Gasteiger partial charge in [-0.05, 0) is 43.5 Å². The lowest BCUT2D eigenvalue weighted by atomic mass is 9.82. The van der Waals surface area contributed by atoms with Gasteiger partial charge < -0.3 is 4.98 Å². The van der Waals surface area contributed by atoms with E-state index in [1.807, 2.05) is 37.4 Å². The minimum atomic E-state index is 0.828. The third-order valence-electron chi connectivity index (χ3n) is 5.46. The van der Waals surface area contributed by atoms with Gasteiger partial charge in [0, 0.05) is 23.9 Å². The molecule has 1 fully saturated rings. The molecule has 0 atom stereocenters. The normalized spacial score (nSPS) is 14.6. The lowest BCUT2D eigenvalue weighted by molar-refractivity contribution is 0.295. The summed E-state index contributed by atoms with van der Waals surface area (Å²) in [5, 5.41) is 4.26. The van der Waals surface area contributed by atoms with E-state index in [9.17, 15) is 0 Å². The molecule has 1 N–H and O–H groups in total. The van der Waals surface area contributed by atoms with Crippen LogP contribution in [-0.4, -0.2) is 29.5 Å². The Labute approximate surface area is 157 Å².